The SMILES string of the molecule is CNC(=O)CCC(C=O)N1Cc2c(OCCCCN3CCN(C4CCN(c5cc(OC)c(Nc6ncc(Cl)c(Nc7ccccc7P(C)(C)=O)n6)cc5-c5cnn(C)c5)CC4)CC3)cccc2C1=O. The van der Waals surface area contributed by atoms with Crippen molar-refractivity contribution in [3.05, 3.63) is 89.3 Å². The van der Waals surface area contributed by atoms with Crippen LogP contribution in [0.25, 0.3) is 11.1 Å². The maximum Gasteiger partial charge on any atom is 0.255 e. The minimum absolute atomic E-state index is 0.162. The van der Waals surface area contributed by atoms with Gasteiger partial charge < -0.3 is 49.5 Å². The quantitative estimate of drug-likeness (QED) is 0.0423. The average Bonchev–Trinajstić information content (AvgIpc) is 3.95. The predicted molar refractivity (Wildman–Crippen MR) is 272 cm³/mol. The van der Waals surface area contributed by atoms with Gasteiger partial charge in [0.15, 0.2) is 5.82 Å². The summed E-state index contributed by atoms with van der Waals surface area (Å²) in [7, 11) is 2.55. The van der Waals surface area contributed by atoms with Gasteiger partial charge in [-0.1, -0.05) is 29.8 Å². The molecule has 3 aromatic carbocycles. The van der Waals surface area contributed by atoms with Crippen molar-refractivity contribution in [2.24, 2.45) is 7.05 Å². The molecular formula is C50H63ClN11O6P. The number of anilines is 5. The number of rotatable bonds is 20. The second kappa shape index (κ2) is 22.2. The van der Waals surface area contributed by atoms with E-state index >= 15 is 0 Å². The minimum atomic E-state index is -2.59. The Kier molecular flexibility index (Phi) is 15.9. The molecule has 0 aliphatic carbocycles. The molecule has 17 nitrogen and oxygen atoms in total. The van der Waals surface area contributed by atoms with E-state index in [-0.39, 0.29) is 24.7 Å². The summed E-state index contributed by atoms with van der Waals surface area (Å²) >= 11 is 6.59. The number of para-hydroxylation sites is 1. The topological polar surface area (TPSA) is 179 Å². The summed E-state index contributed by atoms with van der Waals surface area (Å²) in [5, 5.41) is 14.8. The summed E-state index contributed by atoms with van der Waals surface area (Å²) in [6.07, 6.45) is 10.6. The van der Waals surface area contributed by atoms with Crippen molar-refractivity contribution >= 4 is 71.0 Å². The number of halogens is 1. The van der Waals surface area contributed by atoms with Crippen molar-refractivity contribution in [3.8, 4) is 22.6 Å². The number of aryl methyl sites for hydroxylation is 1. The molecule has 366 valence electrons. The molecule has 69 heavy (non-hydrogen) atoms. The number of fused-ring (bicyclic) bond motifs is 1. The third kappa shape index (κ3) is 11.7. The number of amides is 2. The number of carbonyl (C=O) groups is 3. The second-order valence-corrected chi connectivity index (χ2v) is 21.9. The van der Waals surface area contributed by atoms with Gasteiger partial charge in [0.1, 0.15) is 29.9 Å². The van der Waals surface area contributed by atoms with Crippen LogP contribution in [-0.2, 0) is 27.7 Å². The van der Waals surface area contributed by atoms with E-state index in [9.17, 15) is 18.9 Å². The number of methoxy groups -OCH3 is 1. The summed E-state index contributed by atoms with van der Waals surface area (Å²) in [5.41, 5.74) is 5.79. The van der Waals surface area contributed by atoms with Crippen LogP contribution in [0.5, 0.6) is 11.5 Å². The van der Waals surface area contributed by atoms with Gasteiger partial charge in [0.2, 0.25) is 11.9 Å². The van der Waals surface area contributed by atoms with E-state index in [0.29, 0.717) is 69.7 Å². The number of nitrogens with one attached hydrogen (secondary N) is 3. The first-order valence-electron chi connectivity index (χ1n) is 23.7. The normalized spacial score (nSPS) is 16.3. The van der Waals surface area contributed by atoms with E-state index in [1.165, 1.54) is 6.20 Å². The first kappa shape index (κ1) is 49.4. The summed E-state index contributed by atoms with van der Waals surface area (Å²) in [6, 6.07) is 16.9. The molecule has 1 atom stereocenters. The van der Waals surface area contributed by atoms with Crippen LogP contribution in [0.15, 0.2) is 73.2 Å². The summed E-state index contributed by atoms with van der Waals surface area (Å²) < 4.78 is 27.1. The van der Waals surface area contributed by atoms with Crippen LogP contribution in [-0.4, -0.2) is 145 Å². The van der Waals surface area contributed by atoms with Gasteiger partial charge in [-0.25, -0.2) is 4.98 Å². The lowest BCUT2D eigenvalue weighted by Crippen LogP contribution is -2.53. The van der Waals surface area contributed by atoms with E-state index < -0.39 is 13.2 Å². The Bertz CT molecular complexity index is 2680. The number of carbonyl (C=O) groups excluding carboxylic acids is 3. The highest BCUT2D eigenvalue weighted by atomic mass is 35.5. The van der Waals surface area contributed by atoms with Gasteiger partial charge in [-0.2, -0.15) is 10.1 Å². The molecule has 2 amide bonds. The largest absolute Gasteiger partial charge is 0.494 e. The number of ether oxygens (including phenoxy) is 2. The molecule has 0 radical (unpaired) electrons. The standard InChI is InChI=1S/C50H63ClN11O6P/c1-52-47(64)16-15-36(33-63)62-32-39-37(49(62)65)11-10-13-44(39)68-26-9-8-19-59-22-24-60(25-23-59)35-17-20-61(21-18-35)43-28-45(67-3)42(27-38(43)34-29-54-58(2)31-34)56-50-53-30-40(51)48(57-50)55-41-12-6-7-14-46(41)69(4,5)66/h6-7,10-14,27-31,33,35-36H,8-9,15-26,32H2,1-5H3,(H,52,64)(H2,53,55,56,57). The summed E-state index contributed by atoms with van der Waals surface area (Å²) in [4.78, 5) is 55.3. The van der Waals surface area contributed by atoms with Crippen molar-refractivity contribution < 1.29 is 28.4 Å². The fourth-order valence-electron chi connectivity index (χ4n) is 9.57. The fourth-order valence-corrected chi connectivity index (χ4v) is 10.9. The smallest absolute Gasteiger partial charge is 0.255 e. The van der Waals surface area contributed by atoms with Gasteiger partial charge in [-0.05, 0) is 82.3 Å². The maximum absolute atomic E-state index is 13.2. The summed E-state index contributed by atoms with van der Waals surface area (Å²) in [5.74, 6) is 1.66. The molecule has 2 fully saturated rings. The summed E-state index contributed by atoms with van der Waals surface area (Å²) in [6.45, 7) is 11.2. The maximum atomic E-state index is 13.2. The number of aldehydes is 1. The van der Waals surface area contributed by atoms with Crippen molar-refractivity contribution in [1.29, 1.82) is 0 Å². The number of aromatic nitrogens is 4. The molecule has 5 aromatic rings. The number of benzene rings is 3. The van der Waals surface area contributed by atoms with Crippen molar-refractivity contribution in [2.45, 2.75) is 57.2 Å². The average molecular weight is 981 g/mol. The Labute approximate surface area is 409 Å². The number of nitrogens with zero attached hydrogens (tertiary/aromatic N) is 8. The number of unbranched alkanes of at least 4 members (excludes halogenated alkanes) is 1. The highest BCUT2D eigenvalue weighted by molar-refractivity contribution is 7.70. The van der Waals surface area contributed by atoms with Crippen LogP contribution in [0.1, 0.15) is 54.4 Å². The zero-order valence-electron chi connectivity index (χ0n) is 40.1. The van der Waals surface area contributed by atoms with Crippen LogP contribution in [0.3, 0.4) is 0 Å². The van der Waals surface area contributed by atoms with Crippen LogP contribution in [0, 0.1) is 0 Å². The molecule has 5 heterocycles. The molecule has 8 rings (SSSR count). The molecule has 2 aromatic heterocycles. The zero-order chi connectivity index (χ0) is 48.7. The highest BCUT2D eigenvalue weighted by Gasteiger charge is 2.35. The Morgan fingerprint density at radius 3 is 2.45 bits per heavy atom. The number of piperidine rings is 1. The number of hydrogen-bond acceptors (Lipinski definition) is 14. The van der Waals surface area contributed by atoms with E-state index in [1.807, 2.05) is 55.8 Å². The molecule has 3 N–H and O–H groups in total. The molecule has 0 bridgehead atoms. The zero-order valence-corrected chi connectivity index (χ0v) is 41.8. The molecule has 0 saturated carbocycles. The third-order valence-corrected chi connectivity index (χ3v) is 15.2. The highest BCUT2D eigenvalue weighted by Crippen LogP contribution is 2.42. The van der Waals surface area contributed by atoms with Crippen LogP contribution in [0.2, 0.25) is 5.02 Å². The molecule has 2 saturated heterocycles. The molecule has 19 heteroatoms. The van der Waals surface area contributed by atoms with Crippen molar-refractivity contribution in [3.63, 3.8) is 0 Å². The molecule has 3 aliphatic heterocycles. The third-order valence-electron chi connectivity index (χ3n) is 13.4. The lowest BCUT2D eigenvalue weighted by atomic mass is 9.98. The Morgan fingerprint density at radius 2 is 1.74 bits per heavy atom. The Hall–Kier alpha value is -6.00. The Morgan fingerprint density at radius 1 is 0.957 bits per heavy atom. The van der Waals surface area contributed by atoms with Gasteiger partial charge in [0.05, 0.1) is 50.1 Å². The first-order valence-corrected chi connectivity index (χ1v) is 26.7. The van der Waals surface area contributed by atoms with Crippen molar-refractivity contribution in [1.82, 2.24) is 39.8 Å². The Balaban J connectivity index is 0.833. The van der Waals surface area contributed by atoms with Crippen LogP contribution < -0.4 is 35.6 Å². The molecular weight excluding hydrogens is 917 g/mol. The van der Waals surface area contributed by atoms with E-state index in [0.717, 1.165) is 100 Å². The monoisotopic (exact) mass is 979 g/mol. The fraction of sp³-hybridized carbons (Fsp3) is 0.440. The van der Waals surface area contributed by atoms with Crippen molar-refractivity contribution in [2.75, 3.05) is 95.4 Å². The number of piperazine rings is 1. The van der Waals surface area contributed by atoms with Gasteiger partial charge in [0, 0.05) is 111 Å². The van der Waals surface area contributed by atoms with Gasteiger partial charge >= 0.3 is 0 Å². The van der Waals surface area contributed by atoms with Gasteiger partial charge in [-0.15, -0.1) is 0 Å². The molecule has 1 unspecified atom stereocenters. The van der Waals surface area contributed by atoms with E-state index in [2.05, 4.69) is 52.9 Å². The minimum Gasteiger partial charge on any atom is -0.494 e. The van der Waals surface area contributed by atoms with Gasteiger partial charge in [0.25, 0.3) is 5.91 Å². The second-order valence-electron chi connectivity index (χ2n) is 18.3. The van der Waals surface area contributed by atoms with Gasteiger partial charge in [-0.3, -0.25) is 19.2 Å². The van der Waals surface area contributed by atoms with Crippen LogP contribution in [0.4, 0.5) is 28.8 Å². The lowest BCUT2D eigenvalue weighted by molar-refractivity contribution is -0.121. The lowest BCUT2D eigenvalue weighted by Gasteiger charge is -2.43. The number of hydrogen-bond donors (Lipinski definition) is 3. The molecule has 0 spiro atoms. The first-order chi connectivity index (χ1) is 33.3. The predicted octanol–water partition coefficient (Wildman–Crippen LogP) is 6.77. The van der Waals surface area contributed by atoms with E-state index in [4.69, 9.17) is 26.1 Å². The van der Waals surface area contributed by atoms with E-state index in [1.54, 1.807) is 43.1 Å². The molecule has 3 aliphatic rings. The van der Waals surface area contributed by atoms with Crippen LogP contribution >= 0.6 is 18.7 Å².